The number of nitrogens with zero attached hydrogens (tertiary/aromatic N) is 3. The third-order valence-corrected chi connectivity index (χ3v) is 4.44. The van der Waals surface area contributed by atoms with Gasteiger partial charge in [-0.2, -0.15) is 13.8 Å². The molecule has 0 saturated carbocycles. The fraction of sp³-hybridized carbons (Fsp3) is 0.533. The second-order valence-electron chi connectivity index (χ2n) is 6.25. The fourth-order valence-corrected chi connectivity index (χ4v) is 3.35. The van der Waals surface area contributed by atoms with Crippen LogP contribution in [0.1, 0.15) is 19.3 Å². The average Bonchev–Trinajstić information content (AvgIpc) is 3.20. The van der Waals surface area contributed by atoms with Gasteiger partial charge in [-0.05, 0) is 12.8 Å². The number of aromatic amines is 1. The van der Waals surface area contributed by atoms with Crippen molar-refractivity contribution in [3.8, 4) is 11.8 Å². The molecule has 4 rings (SSSR count). The molecule has 2 saturated heterocycles. The lowest BCUT2D eigenvalue weighted by Crippen LogP contribution is -2.51. The van der Waals surface area contributed by atoms with Crippen molar-refractivity contribution in [2.24, 2.45) is 0 Å². The molecule has 2 aliphatic rings. The van der Waals surface area contributed by atoms with E-state index in [4.69, 9.17) is 4.74 Å². The summed E-state index contributed by atoms with van der Waals surface area (Å²) in [6, 6.07) is 1.35. The molecule has 0 radical (unpaired) electrons. The third-order valence-electron chi connectivity index (χ3n) is 4.44. The Labute approximate surface area is 146 Å². The predicted octanol–water partition coefficient (Wildman–Crippen LogP) is 2.15. The molecule has 2 fully saturated rings. The normalized spacial score (nSPS) is 27.5. The summed E-state index contributed by atoms with van der Waals surface area (Å²) >= 11 is 0. The first kappa shape index (κ1) is 16.9. The molecule has 2 aliphatic heterocycles. The van der Waals surface area contributed by atoms with E-state index in [0.29, 0.717) is 12.2 Å². The first-order valence-corrected chi connectivity index (χ1v) is 8.23. The maximum absolute atomic E-state index is 14.4. The molecule has 4 atom stereocenters. The lowest BCUT2D eigenvalue weighted by atomic mass is 10.0. The van der Waals surface area contributed by atoms with Crippen LogP contribution in [0.3, 0.4) is 0 Å². The average molecular weight is 370 g/mol. The predicted molar refractivity (Wildman–Crippen MR) is 84.4 cm³/mol. The van der Waals surface area contributed by atoms with Crippen LogP contribution in [0.2, 0.25) is 0 Å². The molecule has 0 aliphatic carbocycles. The van der Waals surface area contributed by atoms with E-state index in [1.165, 1.54) is 18.5 Å². The molecular weight excluding hydrogens is 353 g/mol. The molecule has 0 amide bonds. The highest BCUT2D eigenvalue weighted by molar-refractivity contribution is 5.52. The first-order chi connectivity index (χ1) is 12.6. The molecule has 2 bridgehead atoms. The van der Waals surface area contributed by atoms with Gasteiger partial charge in [-0.1, -0.05) is 0 Å². The Morgan fingerprint density at radius 3 is 2.96 bits per heavy atom. The number of alkyl halides is 3. The maximum atomic E-state index is 14.4. The SMILES string of the molecule is FC(F)Oc1cc(Nc2cncc(O[C@@H]3C[C@@H]4CC[C@@H](N4)[C@H]3F)n2)[nH]n1. The minimum Gasteiger partial charge on any atom is -0.470 e. The summed E-state index contributed by atoms with van der Waals surface area (Å²) in [6.07, 6.45) is 3.47. The molecule has 140 valence electrons. The molecule has 0 aromatic carbocycles. The molecule has 0 unspecified atom stereocenters. The van der Waals surface area contributed by atoms with Crippen molar-refractivity contribution in [3.63, 3.8) is 0 Å². The van der Waals surface area contributed by atoms with Crippen LogP contribution >= 0.6 is 0 Å². The van der Waals surface area contributed by atoms with Gasteiger partial charge < -0.3 is 20.1 Å². The zero-order valence-corrected chi connectivity index (χ0v) is 13.5. The standard InChI is InChI=1S/C15H17F3N6O2/c16-14-8-2-1-7(20-8)3-9(14)25-13-6-19-5-11(22-13)21-10-4-12(24-23-10)26-15(17)18/h4-9,14-15,20H,1-3H2,(H2,21,22,23,24)/t7-,8+,9+,14+/m0/s1. The first-order valence-electron chi connectivity index (χ1n) is 8.23. The number of rotatable bonds is 6. The Morgan fingerprint density at radius 2 is 2.12 bits per heavy atom. The number of piperidine rings is 1. The monoisotopic (exact) mass is 370 g/mol. The highest BCUT2D eigenvalue weighted by Crippen LogP contribution is 2.31. The van der Waals surface area contributed by atoms with E-state index in [0.717, 1.165) is 12.8 Å². The zero-order chi connectivity index (χ0) is 18.1. The van der Waals surface area contributed by atoms with Gasteiger partial charge >= 0.3 is 6.61 Å². The van der Waals surface area contributed by atoms with Gasteiger partial charge in [0.1, 0.15) is 11.9 Å². The van der Waals surface area contributed by atoms with Crippen LogP contribution in [0.15, 0.2) is 18.5 Å². The molecule has 2 aromatic rings. The van der Waals surface area contributed by atoms with Gasteiger partial charge in [-0.25, -0.2) is 4.39 Å². The van der Waals surface area contributed by atoms with E-state index in [1.54, 1.807) is 0 Å². The van der Waals surface area contributed by atoms with E-state index in [9.17, 15) is 13.2 Å². The van der Waals surface area contributed by atoms with Crippen LogP contribution in [0.25, 0.3) is 0 Å². The van der Waals surface area contributed by atoms with Gasteiger partial charge in [0.15, 0.2) is 12.0 Å². The quantitative estimate of drug-likeness (QED) is 0.717. The van der Waals surface area contributed by atoms with Gasteiger partial charge in [0.25, 0.3) is 0 Å². The van der Waals surface area contributed by atoms with Crippen molar-refractivity contribution in [2.75, 3.05) is 5.32 Å². The van der Waals surface area contributed by atoms with Crippen molar-refractivity contribution in [1.29, 1.82) is 0 Å². The van der Waals surface area contributed by atoms with Crippen LogP contribution in [0, 0.1) is 0 Å². The summed E-state index contributed by atoms with van der Waals surface area (Å²) in [5, 5.41) is 12.1. The summed E-state index contributed by atoms with van der Waals surface area (Å²) in [7, 11) is 0. The number of H-pyrrole nitrogens is 1. The lowest BCUT2D eigenvalue weighted by Gasteiger charge is -2.32. The molecule has 26 heavy (non-hydrogen) atoms. The largest absolute Gasteiger partial charge is 0.470 e. The van der Waals surface area contributed by atoms with E-state index < -0.39 is 18.9 Å². The highest BCUT2D eigenvalue weighted by Gasteiger charge is 2.43. The molecule has 8 nitrogen and oxygen atoms in total. The van der Waals surface area contributed by atoms with Crippen LogP contribution in [-0.4, -0.2) is 51.1 Å². The van der Waals surface area contributed by atoms with Crippen molar-refractivity contribution in [3.05, 3.63) is 18.5 Å². The Bertz CT molecular complexity index is 760. The maximum Gasteiger partial charge on any atom is 0.388 e. The van der Waals surface area contributed by atoms with E-state index in [1.807, 2.05) is 0 Å². The van der Waals surface area contributed by atoms with Gasteiger partial charge in [0.05, 0.1) is 12.4 Å². The number of fused-ring (bicyclic) bond motifs is 2. The van der Waals surface area contributed by atoms with Gasteiger partial charge in [0, 0.05) is 24.6 Å². The zero-order valence-electron chi connectivity index (χ0n) is 13.5. The summed E-state index contributed by atoms with van der Waals surface area (Å²) < 4.78 is 48.6. The second kappa shape index (κ2) is 6.98. The van der Waals surface area contributed by atoms with Gasteiger partial charge in [0.2, 0.25) is 11.8 Å². The Kier molecular flexibility index (Phi) is 4.53. The van der Waals surface area contributed by atoms with Crippen LogP contribution < -0.4 is 20.1 Å². The van der Waals surface area contributed by atoms with Crippen LogP contribution in [0.5, 0.6) is 11.8 Å². The molecule has 11 heteroatoms. The van der Waals surface area contributed by atoms with Crippen LogP contribution in [-0.2, 0) is 0 Å². The summed E-state index contributed by atoms with van der Waals surface area (Å²) in [5.74, 6) is 0.512. The van der Waals surface area contributed by atoms with E-state index >= 15 is 0 Å². The number of anilines is 2. The van der Waals surface area contributed by atoms with Crippen molar-refractivity contribution >= 4 is 11.6 Å². The number of hydrogen-bond acceptors (Lipinski definition) is 7. The smallest absolute Gasteiger partial charge is 0.388 e. The van der Waals surface area contributed by atoms with E-state index in [2.05, 4.69) is 35.5 Å². The fourth-order valence-electron chi connectivity index (χ4n) is 3.35. The number of nitrogens with one attached hydrogen (secondary N) is 3. The topological polar surface area (TPSA) is 97.0 Å². The molecule has 0 spiro atoms. The molecule has 4 heterocycles. The summed E-state index contributed by atoms with van der Waals surface area (Å²) in [4.78, 5) is 8.22. The Balaban J connectivity index is 1.41. The molecular formula is C15H17F3N6O2. The minimum absolute atomic E-state index is 0.175. The van der Waals surface area contributed by atoms with Crippen molar-refractivity contribution in [2.45, 2.75) is 50.2 Å². The highest BCUT2D eigenvalue weighted by atomic mass is 19.3. The van der Waals surface area contributed by atoms with Gasteiger partial charge in [-0.15, -0.1) is 5.10 Å². The lowest BCUT2D eigenvalue weighted by molar-refractivity contribution is -0.0528. The molecule has 2 aromatic heterocycles. The summed E-state index contributed by atoms with van der Waals surface area (Å²) in [6.45, 7) is -2.96. The van der Waals surface area contributed by atoms with Crippen molar-refractivity contribution < 1.29 is 22.6 Å². The number of aromatic nitrogens is 4. The number of hydrogen-bond donors (Lipinski definition) is 3. The van der Waals surface area contributed by atoms with E-state index in [-0.39, 0.29) is 29.7 Å². The second-order valence-corrected chi connectivity index (χ2v) is 6.25. The van der Waals surface area contributed by atoms with Crippen molar-refractivity contribution in [1.82, 2.24) is 25.5 Å². The number of halogens is 3. The molecule has 3 N–H and O–H groups in total. The Morgan fingerprint density at radius 1 is 1.23 bits per heavy atom. The minimum atomic E-state index is -2.96. The summed E-state index contributed by atoms with van der Waals surface area (Å²) in [5.41, 5.74) is 0. The number of ether oxygens (including phenoxy) is 2. The van der Waals surface area contributed by atoms with Crippen LogP contribution in [0.4, 0.5) is 24.8 Å². The Hall–Kier alpha value is -2.56. The third kappa shape index (κ3) is 3.66. The van der Waals surface area contributed by atoms with Gasteiger partial charge in [-0.3, -0.25) is 10.1 Å².